The lowest BCUT2D eigenvalue weighted by Gasteiger charge is -2.20. The van der Waals surface area contributed by atoms with Crippen LogP contribution in [0.5, 0.6) is 0 Å². The maximum Gasteiger partial charge on any atom is 0.256 e. The Kier molecular flexibility index (Phi) is 4.75. The molecule has 0 saturated heterocycles. The van der Waals surface area contributed by atoms with Crippen LogP contribution >= 0.6 is 0 Å². The molecule has 0 spiro atoms. The molecule has 1 aliphatic rings. The number of Topliss-reactive ketones (excluding diaryl/α,β-unsaturated/α-hetero) is 2. The first-order valence-corrected chi connectivity index (χ1v) is 9.03. The molecule has 0 saturated carbocycles. The zero-order valence-corrected chi connectivity index (χ0v) is 15.6. The lowest BCUT2D eigenvalue weighted by atomic mass is 9.88. The SMILES string of the molecule is CC1=C(Nc2ccc(C(=O)Nc3ccccn3)cc2)C(=O)c2ccccc2C1=O. The normalized spacial score (nSPS) is 13.1. The Bertz CT molecular complexity index is 1150. The molecule has 29 heavy (non-hydrogen) atoms. The summed E-state index contributed by atoms with van der Waals surface area (Å²) in [4.78, 5) is 41.8. The molecule has 0 unspecified atom stereocenters. The van der Waals surface area contributed by atoms with Crippen molar-refractivity contribution in [2.24, 2.45) is 0 Å². The Labute approximate surface area is 167 Å². The molecule has 1 aromatic heterocycles. The lowest BCUT2D eigenvalue weighted by molar-refractivity contribution is 0.0976. The summed E-state index contributed by atoms with van der Waals surface area (Å²) in [6, 6.07) is 18.7. The van der Waals surface area contributed by atoms with Crippen molar-refractivity contribution in [3.8, 4) is 0 Å². The zero-order valence-electron chi connectivity index (χ0n) is 15.6. The topological polar surface area (TPSA) is 88.2 Å². The summed E-state index contributed by atoms with van der Waals surface area (Å²) in [6.45, 7) is 1.63. The van der Waals surface area contributed by atoms with E-state index in [0.717, 1.165) is 0 Å². The first-order chi connectivity index (χ1) is 14.0. The van der Waals surface area contributed by atoms with E-state index in [4.69, 9.17) is 0 Å². The minimum Gasteiger partial charge on any atom is -0.352 e. The fourth-order valence-corrected chi connectivity index (χ4v) is 3.12. The Morgan fingerprint density at radius 1 is 0.828 bits per heavy atom. The van der Waals surface area contributed by atoms with Gasteiger partial charge in [-0.25, -0.2) is 4.98 Å². The summed E-state index contributed by atoms with van der Waals surface area (Å²) < 4.78 is 0. The number of fused-ring (bicyclic) bond motifs is 1. The van der Waals surface area contributed by atoms with Crippen LogP contribution in [0.2, 0.25) is 0 Å². The molecule has 0 radical (unpaired) electrons. The summed E-state index contributed by atoms with van der Waals surface area (Å²) in [5, 5.41) is 5.74. The van der Waals surface area contributed by atoms with Crippen molar-refractivity contribution in [1.82, 2.24) is 4.98 Å². The van der Waals surface area contributed by atoms with E-state index in [2.05, 4.69) is 15.6 Å². The molecule has 0 bridgehead atoms. The van der Waals surface area contributed by atoms with Crippen molar-refractivity contribution in [2.45, 2.75) is 6.92 Å². The van der Waals surface area contributed by atoms with Gasteiger partial charge in [0.2, 0.25) is 5.78 Å². The Hall–Kier alpha value is -4.06. The van der Waals surface area contributed by atoms with Gasteiger partial charge in [0.25, 0.3) is 5.91 Å². The summed E-state index contributed by atoms with van der Waals surface area (Å²) in [6.07, 6.45) is 1.60. The third-order valence-electron chi connectivity index (χ3n) is 4.68. The minimum atomic E-state index is -0.288. The quantitative estimate of drug-likeness (QED) is 0.708. The molecule has 4 rings (SSSR count). The second-order valence-corrected chi connectivity index (χ2v) is 6.58. The predicted molar refractivity (Wildman–Crippen MR) is 110 cm³/mol. The number of pyridine rings is 1. The van der Waals surface area contributed by atoms with Gasteiger partial charge in [-0.05, 0) is 43.3 Å². The lowest BCUT2D eigenvalue weighted by Crippen LogP contribution is -2.25. The molecule has 1 aliphatic carbocycles. The highest BCUT2D eigenvalue weighted by molar-refractivity contribution is 6.27. The summed E-state index contributed by atoms with van der Waals surface area (Å²) in [5.41, 5.74) is 2.47. The number of carbonyl (C=O) groups is 3. The van der Waals surface area contributed by atoms with Crippen LogP contribution in [-0.4, -0.2) is 22.5 Å². The van der Waals surface area contributed by atoms with E-state index in [1.165, 1.54) is 0 Å². The van der Waals surface area contributed by atoms with Gasteiger partial charge in [-0.1, -0.05) is 30.3 Å². The maximum absolute atomic E-state index is 12.8. The number of ketones is 2. The number of hydrogen-bond acceptors (Lipinski definition) is 5. The van der Waals surface area contributed by atoms with E-state index in [1.807, 2.05) is 0 Å². The molecule has 1 amide bonds. The summed E-state index contributed by atoms with van der Waals surface area (Å²) >= 11 is 0. The van der Waals surface area contributed by atoms with E-state index in [9.17, 15) is 14.4 Å². The van der Waals surface area contributed by atoms with Crippen LogP contribution in [-0.2, 0) is 0 Å². The maximum atomic E-state index is 12.8. The Morgan fingerprint density at radius 2 is 1.48 bits per heavy atom. The number of carbonyl (C=O) groups excluding carboxylic acids is 3. The fourth-order valence-electron chi connectivity index (χ4n) is 3.12. The van der Waals surface area contributed by atoms with E-state index >= 15 is 0 Å². The number of rotatable bonds is 4. The second-order valence-electron chi connectivity index (χ2n) is 6.58. The highest BCUT2D eigenvalue weighted by atomic mass is 16.2. The molecule has 0 fully saturated rings. The van der Waals surface area contributed by atoms with Gasteiger partial charge in [0, 0.05) is 34.1 Å². The van der Waals surface area contributed by atoms with Crippen molar-refractivity contribution < 1.29 is 14.4 Å². The smallest absolute Gasteiger partial charge is 0.256 e. The minimum absolute atomic E-state index is 0.172. The third kappa shape index (κ3) is 3.55. The summed E-state index contributed by atoms with van der Waals surface area (Å²) in [7, 11) is 0. The number of nitrogens with one attached hydrogen (secondary N) is 2. The van der Waals surface area contributed by atoms with E-state index < -0.39 is 0 Å². The third-order valence-corrected chi connectivity index (χ3v) is 4.68. The fraction of sp³-hybridized carbons (Fsp3) is 0.0435. The van der Waals surface area contributed by atoms with Crippen molar-refractivity contribution in [2.75, 3.05) is 10.6 Å². The molecule has 2 N–H and O–H groups in total. The van der Waals surface area contributed by atoms with Gasteiger partial charge >= 0.3 is 0 Å². The average molecular weight is 383 g/mol. The van der Waals surface area contributed by atoms with Crippen molar-refractivity contribution in [1.29, 1.82) is 0 Å². The standard InChI is InChI=1S/C23H17N3O3/c1-14-20(22(28)18-7-3-2-6-17(18)21(14)27)25-16-11-9-15(10-12-16)23(29)26-19-8-4-5-13-24-19/h2-13,25H,1H3,(H,24,26,29). The first kappa shape index (κ1) is 18.3. The van der Waals surface area contributed by atoms with Crippen molar-refractivity contribution in [3.05, 3.63) is 101 Å². The molecular weight excluding hydrogens is 366 g/mol. The van der Waals surface area contributed by atoms with Crippen LogP contribution in [0.1, 0.15) is 38.0 Å². The van der Waals surface area contributed by atoms with Crippen molar-refractivity contribution >= 4 is 29.0 Å². The van der Waals surface area contributed by atoms with Gasteiger partial charge in [0.05, 0.1) is 5.70 Å². The average Bonchev–Trinajstić information content (AvgIpc) is 2.76. The zero-order chi connectivity index (χ0) is 20.4. The number of amides is 1. The molecule has 6 nitrogen and oxygen atoms in total. The van der Waals surface area contributed by atoms with Gasteiger partial charge in [-0.3, -0.25) is 14.4 Å². The van der Waals surface area contributed by atoms with Crippen LogP contribution in [0.25, 0.3) is 0 Å². The molecule has 0 aliphatic heterocycles. The monoisotopic (exact) mass is 383 g/mol. The van der Waals surface area contributed by atoms with Crippen LogP contribution < -0.4 is 10.6 Å². The van der Waals surface area contributed by atoms with Crippen molar-refractivity contribution in [3.63, 3.8) is 0 Å². The highest BCUT2D eigenvalue weighted by Gasteiger charge is 2.29. The van der Waals surface area contributed by atoms with Crippen LogP contribution in [0.15, 0.2) is 84.2 Å². The molecule has 1 heterocycles. The van der Waals surface area contributed by atoms with Crippen LogP contribution in [0, 0.1) is 0 Å². The van der Waals surface area contributed by atoms with Gasteiger partial charge < -0.3 is 10.6 Å². The van der Waals surface area contributed by atoms with Gasteiger partial charge in [0.1, 0.15) is 5.82 Å². The Morgan fingerprint density at radius 3 is 2.14 bits per heavy atom. The number of benzene rings is 2. The number of hydrogen-bond donors (Lipinski definition) is 2. The molecule has 3 aromatic rings. The Balaban J connectivity index is 1.53. The summed E-state index contributed by atoms with van der Waals surface area (Å²) in [5.74, 6) is -0.224. The molecule has 142 valence electrons. The molecular formula is C23H17N3O3. The number of anilines is 2. The number of aromatic nitrogens is 1. The second kappa shape index (κ2) is 7.52. The molecule has 0 atom stereocenters. The molecule has 6 heteroatoms. The largest absolute Gasteiger partial charge is 0.352 e. The van der Waals surface area contributed by atoms with Gasteiger partial charge in [0.15, 0.2) is 5.78 Å². The van der Waals surface area contributed by atoms with E-state index in [1.54, 1.807) is 79.9 Å². The van der Waals surface area contributed by atoms with Gasteiger partial charge in [-0.2, -0.15) is 0 Å². The molecule has 2 aromatic carbocycles. The van der Waals surface area contributed by atoms with E-state index in [0.29, 0.717) is 33.8 Å². The predicted octanol–water partition coefficient (Wildman–Crippen LogP) is 4.10. The van der Waals surface area contributed by atoms with Crippen LogP contribution in [0.3, 0.4) is 0 Å². The number of nitrogens with zero attached hydrogens (tertiary/aromatic N) is 1. The number of allylic oxidation sites excluding steroid dienone is 2. The van der Waals surface area contributed by atoms with Gasteiger partial charge in [-0.15, -0.1) is 0 Å². The first-order valence-electron chi connectivity index (χ1n) is 9.03. The van der Waals surface area contributed by atoms with E-state index in [-0.39, 0.29) is 23.2 Å². The highest BCUT2D eigenvalue weighted by Crippen LogP contribution is 2.27. The van der Waals surface area contributed by atoms with Crippen LogP contribution in [0.4, 0.5) is 11.5 Å².